The molecule has 21 heavy (non-hydrogen) atoms. The molecule has 0 fully saturated rings. The molecule has 1 N–H and O–H groups in total. The van der Waals surface area contributed by atoms with Gasteiger partial charge in [0.25, 0.3) is 0 Å². The van der Waals surface area contributed by atoms with Gasteiger partial charge in [-0.1, -0.05) is 24.3 Å². The zero-order valence-electron chi connectivity index (χ0n) is 12.2. The van der Waals surface area contributed by atoms with E-state index in [1.807, 2.05) is 37.4 Å². The molecule has 0 aliphatic heterocycles. The van der Waals surface area contributed by atoms with Crippen molar-refractivity contribution in [3.63, 3.8) is 0 Å². The van der Waals surface area contributed by atoms with Gasteiger partial charge in [0.1, 0.15) is 11.6 Å². The van der Waals surface area contributed by atoms with Gasteiger partial charge in [0.2, 0.25) is 0 Å². The average molecular weight is 283 g/mol. The molecule has 2 aromatic carbocycles. The van der Waals surface area contributed by atoms with E-state index < -0.39 is 0 Å². The Labute approximate surface area is 123 Å². The Morgan fingerprint density at radius 3 is 2.57 bits per heavy atom. The Morgan fingerprint density at radius 2 is 1.86 bits per heavy atom. The number of aromatic nitrogens is 2. The lowest BCUT2D eigenvalue weighted by molar-refractivity contribution is 0.549. The summed E-state index contributed by atoms with van der Waals surface area (Å²) in [7, 11) is 2.02. The predicted molar refractivity (Wildman–Crippen MR) is 82.4 cm³/mol. The van der Waals surface area contributed by atoms with Gasteiger partial charge in [0, 0.05) is 13.1 Å². The summed E-state index contributed by atoms with van der Waals surface area (Å²) in [5.41, 5.74) is 3.20. The number of imidazole rings is 1. The fraction of sp³-hybridized carbons (Fsp3) is 0.235. The maximum atomic E-state index is 12.9. The Hall–Kier alpha value is -2.20. The smallest absolute Gasteiger partial charge is 0.123 e. The molecule has 0 aliphatic rings. The highest BCUT2D eigenvalue weighted by Crippen LogP contribution is 2.16. The number of para-hydroxylation sites is 2. The molecule has 1 heterocycles. The monoisotopic (exact) mass is 283 g/mol. The Balaban J connectivity index is 1.74. The lowest BCUT2D eigenvalue weighted by atomic mass is 10.1. The van der Waals surface area contributed by atoms with Crippen molar-refractivity contribution < 1.29 is 4.39 Å². The summed E-state index contributed by atoms with van der Waals surface area (Å²) < 4.78 is 15.0. The van der Waals surface area contributed by atoms with Crippen LogP contribution in [0.2, 0.25) is 0 Å². The second-order valence-corrected chi connectivity index (χ2v) is 5.23. The van der Waals surface area contributed by atoms with E-state index in [0.29, 0.717) is 6.54 Å². The molecule has 1 aromatic heterocycles. The highest BCUT2D eigenvalue weighted by atomic mass is 19.1. The van der Waals surface area contributed by atoms with Gasteiger partial charge in [0.15, 0.2) is 0 Å². The van der Waals surface area contributed by atoms with E-state index in [1.54, 1.807) is 0 Å². The van der Waals surface area contributed by atoms with Gasteiger partial charge < -0.3 is 9.88 Å². The molecule has 0 spiro atoms. The standard InChI is InChI=1S/C17H18FN3/c1-12(13-7-9-14(18)10-8-13)19-11-17-20-15-5-3-4-6-16(15)21(17)2/h3-10,12,19H,11H2,1-2H3/t12-/m1/s1. The second-order valence-electron chi connectivity index (χ2n) is 5.23. The minimum atomic E-state index is -0.207. The molecule has 3 rings (SSSR count). The van der Waals surface area contributed by atoms with E-state index in [2.05, 4.69) is 27.9 Å². The maximum Gasteiger partial charge on any atom is 0.123 e. The van der Waals surface area contributed by atoms with E-state index >= 15 is 0 Å². The van der Waals surface area contributed by atoms with Crippen molar-refractivity contribution >= 4 is 11.0 Å². The van der Waals surface area contributed by atoms with Crippen molar-refractivity contribution in [3.8, 4) is 0 Å². The normalized spacial score (nSPS) is 12.7. The summed E-state index contributed by atoms with van der Waals surface area (Å²) in [6.07, 6.45) is 0. The van der Waals surface area contributed by atoms with Crippen LogP contribution in [-0.2, 0) is 13.6 Å². The van der Waals surface area contributed by atoms with E-state index in [0.717, 1.165) is 22.4 Å². The van der Waals surface area contributed by atoms with Crippen molar-refractivity contribution in [2.24, 2.45) is 7.05 Å². The third-order valence-electron chi connectivity index (χ3n) is 3.82. The third kappa shape index (κ3) is 2.81. The van der Waals surface area contributed by atoms with Gasteiger partial charge in [-0.2, -0.15) is 0 Å². The molecular weight excluding hydrogens is 265 g/mol. The molecule has 4 heteroatoms. The molecule has 3 aromatic rings. The van der Waals surface area contributed by atoms with Crippen LogP contribution in [0.25, 0.3) is 11.0 Å². The third-order valence-corrected chi connectivity index (χ3v) is 3.82. The van der Waals surface area contributed by atoms with Gasteiger partial charge in [-0.05, 0) is 36.8 Å². The van der Waals surface area contributed by atoms with Crippen LogP contribution in [0.3, 0.4) is 0 Å². The molecule has 0 bridgehead atoms. The summed E-state index contributed by atoms with van der Waals surface area (Å²) in [5.74, 6) is 0.784. The van der Waals surface area contributed by atoms with E-state index in [9.17, 15) is 4.39 Å². The summed E-state index contributed by atoms with van der Waals surface area (Å²) in [6.45, 7) is 2.74. The number of hydrogen-bond acceptors (Lipinski definition) is 2. The first kappa shape index (κ1) is 13.8. The molecule has 1 atom stereocenters. The lowest BCUT2D eigenvalue weighted by Gasteiger charge is -2.14. The molecular formula is C17H18FN3. The Bertz CT molecular complexity index is 746. The van der Waals surface area contributed by atoms with Crippen molar-refractivity contribution in [1.82, 2.24) is 14.9 Å². The summed E-state index contributed by atoms with van der Waals surface area (Å²) in [6, 6.07) is 14.8. The van der Waals surface area contributed by atoms with Crippen molar-refractivity contribution in [3.05, 3.63) is 65.7 Å². The quantitative estimate of drug-likeness (QED) is 0.793. The average Bonchev–Trinajstić information content (AvgIpc) is 2.82. The van der Waals surface area contributed by atoms with E-state index in [1.165, 1.54) is 12.1 Å². The van der Waals surface area contributed by atoms with Gasteiger partial charge in [-0.25, -0.2) is 9.37 Å². The fourth-order valence-electron chi connectivity index (χ4n) is 2.47. The van der Waals surface area contributed by atoms with Gasteiger partial charge in [-0.3, -0.25) is 0 Å². The minimum absolute atomic E-state index is 0.144. The first-order valence-corrected chi connectivity index (χ1v) is 7.04. The van der Waals surface area contributed by atoms with Crippen LogP contribution in [-0.4, -0.2) is 9.55 Å². The van der Waals surface area contributed by atoms with Gasteiger partial charge in [0.05, 0.1) is 17.6 Å². The molecule has 3 nitrogen and oxygen atoms in total. The Kier molecular flexibility index (Phi) is 3.71. The number of hydrogen-bond donors (Lipinski definition) is 1. The number of aryl methyl sites for hydroxylation is 1. The highest BCUT2D eigenvalue weighted by Gasteiger charge is 2.09. The summed E-state index contributed by atoms with van der Waals surface area (Å²) in [5, 5.41) is 3.43. The van der Waals surface area contributed by atoms with Crippen LogP contribution < -0.4 is 5.32 Å². The molecule has 0 radical (unpaired) electrons. The summed E-state index contributed by atoms with van der Waals surface area (Å²) >= 11 is 0. The SMILES string of the molecule is C[C@@H](NCc1nc2ccccc2n1C)c1ccc(F)cc1. The molecule has 0 saturated heterocycles. The topological polar surface area (TPSA) is 29.9 Å². The van der Waals surface area contributed by atoms with Crippen LogP contribution in [0.15, 0.2) is 48.5 Å². The number of halogens is 1. The first-order chi connectivity index (χ1) is 10.1. The zero-order valence-corrected chi connectivity index (χ0v) is 12.2. The molecule has 0 amide bonds. The second kappa shape index (κ2) is 5.66. The first-order valence-electron chi connectivity index (χ1n) is 7.04. The molecule has 0 saturated carbocycles. The largest absolute Gasteiger partial charge is 0.330 e. The van der Waals surface area contributed by atoms with Gasteiger partial charge >= 0.3 is 0 Å². The lowest BCUT2D eigenvalue weighted by Crippen LogP contribution is -2.20. The number of fused-ring (bicyclic) bond motifs is 1. The van der Waals surface area contributed by atoms with Crippen molar-refractivity contribution in [1.29, 1.82) is 0 Å². The number of benzene rings is 2. The highest BCUT2D eigenvalue weighted by molar-refractivity contribution is 5.75. The number of rotatable bonds is 4. The summed E-state index contributed by atoms with van der Waals surface area (Å²) in [4.78, 5) is 4.63. The minimum Gasteiger partial charge on any atom is -0.330 e. The van der Waals surface area contributed by atoms with Crippen LogP contribution in [0, 0.1) is 5.82 Å². The van der Waals surface area contributed by atoms with Crippen molar-refractivity contribution in [2.45, 2.75) is 19.5 Å². The van der Waals surface area contributed by atoms with Crippen LogP contribution in [0.5, 0.6) is 0 Å². The van der Waals surface area contributed by atoms with Crippen LogP contribution in [0.4, 0.5) is 4.39 Å². The Morgan fingerprint density at radius 1 is 1.14 bits per heavy atom. The van der Waals surface area contributed by atoms with E-state index in [-0.39, 0.29) is 11.9 Å². The van der Waals surface area contributed by atoms with Gasteiger partial charge in [-0.15, -0.1) is 0 Å². The number of nitrogens with zero attached hydrogens (tertiary/aromatic N) is 2. The molecule has 0 unspecified atom stereocenters. The zero-order chi connectivity index (χ0) is 14.8. The predicted octanol–water partition coefficient (Wildman–Crippen LogP) is 3.56. The maximum absolute atomic E-state index is 12.9. The van der Waals surface area contributed by atoms with E-state index in [4.69, 9.17) is 0 Å². The molecule has 0 aliphatic carbocycles. The van der Waals surface area contributed by atoms with Crippen LogP contribution in [0.1, 0.15) is 24.4 Å². The molecule has 108 valence electrons. The van der Waals surface area contributed by atoms with Crippen molar-refractivity contribution in [2.75, 3.05) is 0 Å². The number of nitrogens with one attached hydrogen (secondary N) is 1. The van der Waals surface area contributed by atoms with Crippen LogP contribution >= 0.6 is 0 Å². The fourth-order valence-corrected chi connectivity index (χ4v) is 2.47.